The molecule has 2 rings (SSSR count). The van der Waals surface area contributed by atoms with Gasteiger partial charge in [0.05, 0.1) is 0 Å². The Balaban J connectivity index is 2.36. The van der Waals surface area contributed by atoms with Crippen LogP contribution in [0, 0.1) is 0 Å². The molecule has 13 heavy (non-hydrogen) atoms. The van der Waals surface area contributed by atoms with Crippen molar-refractivity contribution in [3.8, 4) is 0 Å². The van der Waals surface area contributed by atoms with Crippen LogP contribution in [0.15, 0.2) is 30.3 Å². The van der Waals surface area contributed by atoms with E-state index in [-0.39, 0.29) is 5.91 Å². The molecule has 0 N–H and O–H groups in total. The normalized spacial score (nSPS) is 16.8. The van der Waals surface area contributed by atoms with E-state index in [1.807, 2.05) is 30.3 Å². The van der Waals surface area contributed by atoms with Gasteiger partial charge in [-0.25, -0.2) is 0 Å². The van der Waals surface area contributed by atoms with E-state index in [0.717, 1.165) is 16.6 Å². The number of hydrogen-bond acceptors (Lipinski definition) is 1. The zero-order chi connectivity index (χ0) is 9.26. The Morgan fingerprint density at radius 1 is 1.15 bits per heavy atom. The Morgan fingerprint density at radius 2 is 1.85 bits per heavy atom. The Bertz CT molecular complexity index is 331. The van der Waals surface area contributed by atoms with Crippen molar-refractivity contribution in [1.82, 2.24) is 0 Å². The summed E-state index contributed by atoms with van der Waals surface area (Å²) in [6, 6.07) is 9.71. The molecule has 0 unspecified atom stereocenters. The third-order valence-electron chi connectivity index (χ3n) is 2.07. The van der Waals surface area contributed by atoms with Crippen molar-refractivity contribution in [3.05, 3.63) is 30.3 Å². The first-order valence-corrected chi connectivity index (χ1v) is 5.05. The predicted molar refractivity (Wildman–Crippen MR) is 53.9 cm³/mol. The van der Waals surface area contributed by atoms with Gasteiger partial charge in [-0.2, -0.15) is 0 Å². The fourth-order valence-corrected chi connectivity index (χ4v) is 2.09. The number of amides is 1. The molecule has 1 aromatic rings. The average molecular weight is 238 g/mol. The SMILES string of the molecule is O=C1CCC(=[Se])N1c1ccccc1. The molecule has 1 amide bonds. The number of hydrogen-bond donors (Lipinski definition) is 0. The number of para-hydroxylation sites is 1. The Labute approximate surface area is 84.9 Å². The molecular formula is C10H9NOSe. The molecule has 0 spiro atoms. The molecule has 66 valence electrons. The molecule has 2 nitrogen and oxygen atoms in total. The monoisotopic (exact) mass is 239 g/mol. The number of rotatable bonds is 1. The van der Waals surface area contributed by atoms with Crippen LogP contribution in [0.3, 0.4) is 0 Å². The molecule has 1 aromatic carbocycles. The van der Waals surface area contributed by atoms with E-state index in [1.165, 1.54) is 0 Å². The predicted octanol–water partition coefficient (Wildman–Crippen LogP) is 1.11. The maximum absolute atomic E-state index is 11.5. The Morgan fingerprint density at radius 3 is 2.38 bits per heavy atom. The average Bonchev–Trinajstić information content (AvgIpc) is 2.48. The zero-order valence-corrected chi connectivity index (χ0v) is 8.78. The van der Waals surface area contributed by atoms with Gasteiger partial charge in [-0.15, -0.1) is 0 Å². The summed E-state index contributed by atoms with van der Waals surface area (Å²) < 4.78 is 1.02. The molecule has 3 heteroatoms. The molecule has 0 atom stereocenters. The van der Waals surface area contributed by atoms with E-state index in [0.29, 0.717) is 6.42 Å². The van der Waals surface area contributed by atoms with Crippen molar-refractivity contribution < 1.29 is 4.79 Å². The van der Waals surface area contributed by atoms with E-state index in [9.17, 15) is 4.79 Å². The molecule has 1 heterocycles. The minimum atomic E-state index is 0.181. The van der Waals surface area contributed by atoms with Crippen molar-refractivity contribution in [1.29, 1.82) is 0 Å². The molecule has 1 saturated heterocycles. The van der Waals surface area contributed by atoms with Crippen LogP contribution in [0.5, 0.6) is 0 Å². The molecule has 0 bridgehead atoms. The molecule has 0 saturated carbocycles. The first kappa shape index (κ1) is 8.67. The van der Waals surface area contributed by atoms with Crippen molar-refractivity contribution in [3.63, 3.8) is 0 Å². The van der Waals surface area contributed by atoms with Crippen LogP contribution in [0.25, 0.3) is 0 Å². The Kier molecular flexibility index (Phi) is 2.30. The molecule has 1 aliphatic heterocycles. The first-order valence-electron chi connectivity index (χ1n) is 4.20. The van der Waals surface area contributed by atoms with Gasteiger partial charge in [0.1, 0.15) is 0 Å². The van der Waals surface area contributed by atoms with Crippen LogP contribution in [-0.4, -0.2) is 26.0 Å². The quantitative estimate of drug-likeness (QED) is 0.671. The van der Waals surface area contributed by atoms with Crippen molar-refractivity contribution in [2.24, 2.45) is 0 Å². The maximum atomic E-state index is 11.5. The van der Waals surface area contributed by atoms with Crippen molar-refractivity contribution >= 4 is 31.7 Å². The second-order valence-electron chi connectivity index (χ2n) is 2.96. The molecule has 0 aliphatic carbocycles. The number of nitrogens with zero attached hydrogens (tertiary/aromatic N) is 1. The Hall–Kier alpha value is -0.921. The zero-order valence-electron chi connectivity index (χ0n) is 7.06. The third-order valence-corrected chi connectivity index (χ3v) is 2.88. The fraction of sp³-hybridized carbons (Fsp3) is 0.200. The molecule has 0 aromatic heterocycles. The summed E-state index contributed by atoms with van der Waals surface area (Å²) >= 11 is 2.94. The third kappa shape index (κ3) is 1.58. The van der Waals surface area contributed by atoms with Crippen LogP contribution in [-0.2, 0) is 4.79 Å². The van der Waals surface area contributed by atoms with E-state index in [1.54, 1.807) is 4.90 Å². The van der Waals surface area contributed by atoms with Gasteiger partial charge in [0.15, 0.2) is 0 Å². The van der Waals surface area contributed by atoms with Gasteiger partial charge in [0.25, 0.3) is 0 Å². The van der Waals surface area contributed by atoms with Crippen LogP contribution in [0.2, 0.25) is 0 Å². The van der Waals surface area contributed by atoms with Crippen LogP contribution in [0.4, 0.5) is 5.69 Å². The summed E-state index contributed by atoms with van der Waals surface area (Å²) in [5.74, 6) is 0.181. The first-order chi connectivity index (χ1) is 6.29. The van der Waals surface area contributed by atoms with Gasteiger partial charge in [-0.05, 0) is 0 Å². The summed E-state index contributed by atoms with van der Waals surface area (Å²) in [6.07, 6.45) is 1.46. The number of anilines is 1. The standard InChI is InChI=1S/C10H9NOSe/c12-9-6-7-10(13)11(9)8-4-2-1-3-5-8/h1-5H,6-7H2. The van der Waals surface area contributed by atoms with Gasteiger partial charge in [-0.3, -0.25) is 0 Å². The van der Waals surface area contributed by atoms with Gasteiger partial charge in [0, 0.05) is 0 Å². The van der Waals surface area contributed by atoms with Gasteiger partial charge < -0.3 is 0 Å². The number of carbonyl (C=O) groups excluding carboxylic acids is 1. The van der Waals surface area contributed by atoms with E-state index >= 15 is 0 Å². The summed E-state index contributed by atoms with van der Waals surface area (Å²) in [5, 5.41) is 0. The van der Waals surface area contributed by atoms with E-state index in [2.05, 4.69) is 15.6 Å². The minimum absolute atomic E-state index is 0.181. The molecule has 0 radical (unpaired) electrons. The van der Waals surface area contributed by atoms with E-state index in [4.69, 9.17) is 0 Å². The van der Waals surface area contributed by atoms with Crippen molar-refractivity contribution in [2.45, 2.75) is 12.8 Å². The van der Waals surface area contributed by atoms with Gasteiger partial charge in [-0.1, -0.05) is 0 Å². The summed E-state index contributed by atoms with van der Waals surface area (Å²) in [6.45, 7) is 0. The second kappa shape index (κ2) is 3.44. The summed E-state index contributed by atoms with van der Waals surface area (Å²) in [4.78, 5) is 13.2. The van der Waals surface area contributed by atoms with Crippen LogP contribution < -0.4 is 4.90 Å². The van der Waals surface area contributed by atoms with Crippen molar-refractivity contribution in [2.75, 3.05) is 4.90 Å². The number of benzene rings is 1. The molecular weight excluding hydrogens is 229 g/mol. The summed E-state index contributed by atoms with van der Waals surface area (Å²) in [7, 11) is 0. The van der Waals surface area contributed by atoms with E-state index < -0.39 is 0 Å². The number of carbonyl (C=O) groups is 1. The fourth-order valence-electron chi connectivity index (χ4n) is 1.44. The van der Waals surface area contributed by atoms with Gasteiger partial charge in [0.2, 0.25) is 0 Å². The van der Waals surface area contributed by atoms with Gasteiger partial charge >= 0.3 is 84.6 Å². The summed E-state index contributed by atoms with van der Waals surface area (Å²) in [5.41, 5.74) is 0.957. The molecule has 1 aliphatic rings. The topological polar surface area (TPSA) is 20.3 Å². The molecule has 1 fully saturated rings. The second-order valence-corrected chi connectivity index (χ2v) is 3.95. The van der Waals surface area contributed by atoms with Crippen LogP contribution >= 0.6 is 0 Å². The van der Waals surface area contributed by atoms with Crippen LogP contribution in [0.1, 0.15) is 12.8 Å².